The quantitative estimate of drug-likeness (QED) is 0.798. The first kappa shape index (κ1) is 11.0. The Morgan fingerprint density at radius 2 is 2.19 bits per heavy atom. The van der Waals surface area contributed by atoms with E-state index < -0.39 is 6.10 Å². The van der Waals surface area contributed by atoms with Crippen LogP contribution in [0, 0.1) is 0 Å². The van der Waals surface area contributed by atoms with E-state index in [0.29, 0.717) is 22.7 Å². The normalized spacial score (nSPS) is 22.2. The maximum atomic E-state index is 10.5. The monoisotopic (exact) mass is 235 g/mol. The molecule has 4 heteroatoms. The Morgan fingerprint density at radius 3 is 2.81 bits per heavy atom. The second kappa shape index (κ2) is 4.60. The molecular formula is C12H10ClNO2. The lowest BCUT2D eigenvalue weighted by molar-refractivity contribution is -0.102. The number of hydrogen-bond donors (Lipinski definition) is 1. The van der Waals surface area contributed by atoms with Gasteiger partial charge in [0.2, 0.25) is 0 Å². The van der Waals surface area contributed by atoms with E-state index >= 15 is 0 Å². The molecule has 0 aliphatic carbocycles. The van der Waals surface area contributed by atoms with Crippen molar-refractivity contribution in [3.63, 3.8) is 0 Å². The SMILES string of the molecule is O=CC1=NC(=Cc2ccccc2Cl)C(O)C1. The number of nitrogens with zero attached hydrogens (tertiary/aromatic N) is 1. The number of halogens is 1. The van der Waals surface area contributed by atoms with Crippen molar-refractivity contribution >= 4 is 29.7 Å². The molecule has 1 aromatic carbocycles. The number of carbonyl (C=O) groups excluding carboxylic acids is 1. The number of aliphatic hydroxyl groups is 1. The zero-order chi connectivity index (χ0) is 11.5. The van der Waals surface area contributed by atoms with Crippen LogP contribution in [0.15, 0.2) is 35.0 Å². The molecule has 82 valence electrons. The Bertz CT molecular complexity index is 480. The van der Waals surface area contributed by atoms with Gasteiger partial charge in [-0.25, -0.2) is 0 Å². The molecule has 1 unspecified atom stereocenters. The number of hydrogen-bond acceptors (Lipinski definition) is 3. The van der Waals surface area contributed by atoms with Gasteiger partial charge in [0.1, 0.15) is 6.10 Å². The molecule has 0 spiro atoms. The maximum Gasteiger partial charge on any atom is 0.164 e. The molecule has 0 bridgehead atoms. The summed E-state index contributed by atoms with van der Waals surface area (Å²) in [5, 5.41) is 10.3. The molecule has 3 nitrogen and oxygen atoms in total. The molecule has 0 fully saturated rings. The summed E-state index contributed by atoms with van der Waals surface area (Å²) in [5.74, 6) is 0. The van der Waals surface area contributed by atoms with Crippen molar-refractivity contribution in [3.05, 3.63) is 40.5 Å². The van der Waals surface area contributed by atoms with Crippen LogP contribution < -0.4 is 0 Å². The number of aliphatic hydroxyl groups excluding tert-OH is 1. The fourth-order valence-corrected chi connectivity index (χ4v) is 1.73. The molecule has 1 N–H and O–H groups in total. The van der Waals surface area contributed by atoms with Gasteiger partial charge in [0.15, 0.2) is 6.29 Å². The van der Waals surface area contributed by atoms with E-state index in [9.17, 15) is 9.90 Å². The largest absolute Gasteiger partial charge is 0.386 e. The highest BCUT2D eigenvalue weighted by Crippen LogP contribution is 2.24. The number of carbonyl (C=O) groups is 1. The third-order valence-electron chi connectivity index (χ3n) is 2.36. The van der Waals surface area contributed by atoms with Gasteiger partial charge >= 0.3 is 0 Å². The van der Waals surface area contributed by atoms with E-state index in [1.54, 1.807) is 12.1 Å². The minimum absolute atomic E-state index is 0.278. The summed E-state index contributed by atoms with van der Waals surface area (Å²) in [6, 6.07) is 7.27. The molecular weight excluding hydrogens is 226 g/mol. The number of benzene rings is 1. The van der Waals surface area contributed by atoms with Gasteiger partial charge in [0.05, 0.1) is 11.4 Å². The molecule has 0 saturated carbocycles. The predicted octanol–water partition coefficient (Wildman–Crippen LogP) is 2.09. The second-order valence-electron chi connectivity index (χ2n) is 3.53. The average Bonchev–Trinajstić information content (AvgIpc) is 2.63. The van der Waals surface area contributed by atoms with Gasteiger partial charge in [-0.05, 0) is 17.7 Å². The van der Waals surface area contributed by atoms with Crippen LogP contribution in [0.1, 0.15) is 12.0 Å². The second-order valence-corrected chi connectivity index (χ2v) is 3.94. The van der Waals surface area contributed by atoms with Gasteiger partial charge in [-0.1, -0.05) is 29.8 Å². The first-order valence-electron chi connectivity index (χ1n) is 4.87. The van der Waals surface area contributed by atoms with E-state index in [2.05, 4.69) is 4.99 Å². The highest BCUT2D eigenvalue weighted by Gasteiger charge is 2.21. The average molecular weight is 236 g/mol. The lowest BCUT2D eigenvalue weighted by Gasteiger charge is -2.02. The molecule has 1 aliphatic rings. The lowest BCUT2D eigenvalue weighted by Crippen LogP contribution is -2.06. The summed E-state index contributed by atoms with van der Waals surface area (Å²) >= 11 is 5.98. The number of aliphatic imine (C=N–C) groups is 1. The van der Waals surface area contributed by atoms with Crippen molar-refractivity contribution < 1.29 is 9.90 Å². The fraction of sp³-hybridized carbons (Fsp3) is 0.167. The van der Waals surface area contributed by atoms with Gasteiger partial charge in [0, 0.05) is 11.4 Å². The van der Waals surface area contributed by atoms with Crippen molar-refractivity contribution in [2.75, 3.05) is 0 Å². The Labute approximate surface area is 98.1 Å². The summed E-state index contributed by atoms with van der Waals surface area (Å²) in [4.78, 5) is 14.5. The highest BCUT2D eigenvalue weighted by atomic mass is 35.5. The van der Waals surface area contributed by atoms with E-state index in [4.69, 9.17) is 11.6 Å². The third kappa shape index (κ3) is 2.21. The molecule has 0 radical (unpaired) electrons. The van der Waals surface area contributed by atoms with E-state index in [1.165, 1.54) is 0 Å². The van der Waals surface area contributed by atoms with Crippen LogP contribution in [-0.2, 0) is 4.79 Å². The van der Waals surface area contributed by atoms with Gasteiger partial charge in [-0.2, -0.15) is 0 Å². The van der Waals surface area contributed by atoms with Crippen LogP contribution in [0.3, 0.4) is 0 Å². The van der Waals surface area contributed by atoms with E-state index in [0.717, 1.165) is 5.56 Å². The first-order valence-corrected chi connectivity index (χ1v) is 5.25. The van der Waals surface area contributed by atoms with Gasteiger partial charge in [-0.15, -0.1) is 0 Å². The van der Waals surface area contributed by atoms with Crippen LogP contribution in [0.4, 0.5) is 0 Å². The topological polar surface area (TPSA) is 49.7 Å². The van der Waals surface area contributed by atoms with Crippen molar-refractivity contribution in [1.82, 2.24) is 0 Å². The summed E-state index contributed by atoms with van der Waals surface area (Å²) in [7, 11) is 0. The summed E-state index contributed by atoms with van der Waals surface area (Å²) in [6.07, 6.45) is 1.93. The molecule has 1 aliphatic heterocycles. The smallest absolute Gasteiger partial charge is 0.164 e. The molecule has 0 aromatic heterocycles. The molecule has 16 heavy (non-hydrogen) atoms. The van der Waals surface area contributed by atoms with Crippen molar-refractivity contribution in [2.24, 2.45) is 4.99 Å². The fourth-order valence-electron chi connectivity index (χ4n) is 1.54. The Kier molecular flexibility index (Phi) is 3.17. The molecule has 0 saturated heterocycles. The molecule has 2 rings (SSSR count). The lowest BCUT2D eigenvalue weighted by atomic mass is 10.1. The van der Waals surface area contributed by atoms with Gasteiger partial charge in [-0.3, -0.25) is 9.79 Å². The van der Waals surface area contributed by atoms with Gasteiger partial charge in [0.25, 0.3) is 0 Å². The third-order valence-corrected chi connectivity index (χ3v) is 2.71. The Hall–Kier alpha value is -1.45. The van der Waals surface area contributed by atoms with Gasteiger partial charge < -0.3 is 5.11 Å². The minimum Gasteiger partial charge on any atom is -0.386 e. The van der Waals surface area contributed by atoms with Crippen LogP contribution in [-0.4, -0.2) is 23.2 Å². The van der Waals surface area contributed by atoms with Crippen molar-refractivity contribution in [2.45, 2.75) is 12.5 Å². The molecule has 1 atom stereocenters. The van der Waals surface area contributed by atoms with Crippen LogP contribution >= 0.6 is 11.6 Å². The number of aldehydes is 1. The molecule has 1 aromatic rings. The van der Waals surface area contributed by atoms with Crippen LogP contribution in [0.2, 0.25) is 5.02 Å². The molecule has 0 amide bonds. The maximum absolute atomic E-state index is 10.5. The Balaban J connectivity index is 2.35. The minimum atomic E-state index is -0.712. The first-order chi connectivity index (χ1) is 7.70. The summed E-state index contributed by atoms with van der Waals surface area (Å²) in [5.41, 5.74) is 1.63. The predicted molar refractivity (Wildman–Crippen MR) is 63.6 cm³/mol. The zero-order valence-corrected chi connectivity index (χ0v) is 9.19. The van der Waals surface area contributed by atoms with Crippen LogP contribution in [0.25, 0.3) is 6.08 Å². The van der Waals surface area contributed by atoms with Crippen LogP contribution in [0.5, 0.6) is 0 Å². The summed E-state index contributed by atoms with van der Waals surface area (Å²) in [6.45, 7) is 0. The van der Waals surface area contributed by atoms with E-state index in [1.807, 2.05) is 18.2 Å². The summed E-state index contributed by atoms with van der Waals surface area (Å²) < 4.78 is 0. The van der Waals surface area contributed by atoms with E-state index in [-0.39, 0.29) is 6.42 Å². The standard InChI is InChI=1S/C12H10ClNO2/c13-10-4-2-1-3-8(10)5-11-12(16)6-9(7-15)14-11/h1-5,7,12,16H,6H2. The van der Waals surface area contributed by atoms with Crippen molar-refractivity contribution in [1.29, 1.82) is 0 Å². The van der Waals surface area contributed by atoms with Crippen molar-refractivity contribution in [3.8, 4) is 0 Å². The highest BCUT2D eigenvalue weighted by molar-refractivity contribution is 6.32. The zero-order valence-electron chi connectivity index (χ0n) is 8.43. The number of rotatable bonds is 2. The Morgan fingerprint density at radius 1 is 1.44 bits per heavy atom. The molecule has 1 heterocycles.